The highest BCUT2D eigenvalue weighted by Gasteiger charge is 2.16. The van der Waals surface area contributed by atoms with Crippen LogP contribution in [0.25, 0.3) is 0 Å². The van der Waals surface area contributed by atoms with Gasteiger partial charge in [-0.1, -0.05) is 19.3 Å². The van der Waals surface area contributed by atoms with E-state index >= 15 is 0 Å². The van der Waals surface area contributed by atoms with Gasteiger partial charge in [0.25, 0.3) is 0 Å². The molecule has 2 heteroatoms. The van der Waals surface area contributed by atoms with Crippen LogP contribution in [-0.4, -0.2) is 0 Å². The molecule has 0 spiro atoms. The summed E-state index contributed by atoms with van der Waals surface area (Å²) in [5.74, 6) is 0.870. The second-order valence-electron chi connectivity index (χ2n) is 3.50. The maximum atomic E-state index is 3.51. The lowest BCUT2D eigenvalue weighted by Crippen LogP contribution is -2.02. The summed E-state index contributed by atoms with van der Waals surface area (Å²) in [4.78, 5) is 1.58. The third-order valence-electron chi connectivity index (χ3n) is 2.60. The minimum atomic E-state index is 0.870. The largest absolute Gasteiger partial charge is 0.147 e. The first-order valence-corrected chi connectivity index (χ1v) is 6.27. The van der Waals surface area contributed by atoms with Crippen molar-refractivity contribution in [3.05, 3.63) is 20.8 Å². The molecule has 1 aliphatic rings. The van der Waals surface area contributed by atoms with E-state index in [2.05, 4.69) is 27.4 Å². The smallest absolute Gasteiger partial charge is 0.0285 e. The Hall–Kier alpha value is 0.180. The molecule has 0 aliphatic heterocycles. The van der Waals surface area contributed by atoms with Crippen LogP contribution in [0.2, 0.25) is 0 Å². The van der Waals surface area contributed by atoms with Crippen LogP contribution >= 0.6 is 27.3 Å². The Balaban J connectivity index is 2.08. The summed E-state index contributed by atoms with van der Waals surface area (Å²) in [5.41, 5.74) is 0. The van der Waals surface area contributed by atoms with E-state index in [1.165, 1.54) is 36.6 Å². The van der Waals surface area contributed by atoms with Crippen molar-refractivity contribution < 1.29 is 0 Å². The molecular formula is C10H13BrS. The van der Waals surface area contributed by atoms with Gasteiger partial charge in [0.1, 0.15) is 0 Å². The maximum absolute atomic E-state index is 3.51. The molecule has 1 aromatic heterocycles. The minimum absolute atomic E-state index is 0.870. The number of thiophene rings is 1. The van der Waals surface area contributed by atoms with E-state index in [0.717, 1.165) is 5.92 Å². The molecule has 0 bridgehead atoms. The summed E-state index contributed by atoms with van der Waals surface area (Å²) in [6.07, 6.45) is 7.13. The number of halogens is 1. The van der Waals surface area contributed by atoms with Crippen LogP contribution in [0.4, 0.5) is 0 Å². The van der Waals surface area contributed by atoms with Gasteiger partial charge in [-0.25, -0.2) is 0 Å². The third kappa shape index (κ3) is 1.91. The van der Waals surface area contributed by atoms with Crippen molar-refractivity contribution in [1.29, 1.82) is 0 Å². The van der Waals surface area contributed by atoms with Crippen LogP contribution in [0.3, 0.4) is 0 Å². The molecule has 0 unspecified atom stereocenters. The summed E-state index contributed by atoms with van der Waals surface area (Å²) in [5, 5.41) is 2.20. The van der Waals surface area contributed by atoms with Crippen LogP contribution in [0.1, 0.15) is 42.9 Å². The molecular weight excluding hydrogens is 232 g/mol. The molecule has 0 atom stereocenters. The average molecular weight is 245 g/mol. The molecule has 1 fully saturated rings. The average Bonchev–Trinajstić information content (AvgIpc) is 2.54. The summed E-state index contributed by atoms with van der Waals surface area (Å²) in [7, 11) is 0. The number of rotatable bonds is 1. The lowest BCUT2D eigenvalue weighted by molar-refractivity contribution is 0.448. The predicted octanol–water partition coefficient (Wildman–Crippen LogP) is 4.56. The molecule has 0 radical (unpaired) electrons. The summed E-state index contributed by atoms with van der Waals surface area (Å²) in [6, 6.07) is 2.29. The minimum Gasteiger partial charge on any atom is -0.147 e. The van der Waals surface area contributed by atoms with E-state index in [0.29, 0.717) is 0 Å². The Morgan fingerprint density at radius 2 is 2.00 bits per heavy atom. The molecule has 66 valence electrons. The van der Waals surface area contributed by atoms with Crippen LogP contribution in [0.15, 0.2) is 15.9 Å². The van der Waals surface area contributed by atoms with E-state index in [9.17, 15) is 0 Å². The fourth-order valence-electron chi connectivity index (χ4n) is 1.93. The van der Waals surface area contributed by atoms with Crippen molar-refractivity contribution >= 4 is 27.3 Å². The molecule has 0 nitrogen and oxygen atoms in total. The SMILES string of the molecule is Brc1csc(C2CCCCC2)c1. The summed E-state index contributed by atoms with van der Waals surface area (Å²) in [6.45, 7) is 0. The fraction of sp³-hybridized carbons (Fsp3) is 0.600. The summed E-state index contributed by atoms with van der Waals surface area (Å²) >= 11 is 5.42. The molecule has 1 saturated carbocycles. The molecule has 0 aromatic carbocycles. The van der Waals surface area contributed by atoms with Crippen molar-refractivity contribution in [2.75, 3.05) is 0 Å². The maximum Gasteiger partial charge on any atom is 0.0285 e. The quantitative estimate of drug-likeness (QED) is 0.680. The van der Waals surface area contributed by atoms with Crippen molar-refractivity contribution in [1.82, 2.24) is 0 Å². The van der Waals surface area contributed by atoms with Crippen LogP contribution in [0, 0.1) is 0 Å². The number of hydrogen-bond acceptors (Lipinski definition) is 1. The zero-order valence-electron chi connectivity index (χ0n) is 7.05. The standard InChI is InChI=1S/C10H13BrS/c11-9-6-10(12-7-9)8-4-2-1-3-5-8/h6-8H,1-5H2. The van der Waals surface area contributed by atoms with E-state index < -0.39 is 0 Å². The van der Waals surface area contributed by atoms with Gasteiger partial charge >= 0.3 is 0 Å². The topological polar surface area (TPSA) is 0 Å². The Morgan fingerprint density at radius 3 is 2.58 bits per heavy atom. The zero-order valence-corrected chi connectivity index (χ0v) is 9.46. The first-order chi connectivity index (χ1) is 5.86. The van der Waals surface area contributed by atoms with Crippen molar-refractivity contribution in [2.24, 2.45) is 0 Å². The highest BCUT2D eigenvalue weighted by Crippen LogP contribution is 2.36. The van der Waals surface area contributed by atoms with Gasteiger partial charge in [0.15, 0.2) is 0 Å². The molecule has 12 heavy (non-hydrogen) atoms. The molecule has 1 heterocycles. The zero-order chi connectivity index (χ0) is 8.39. The van der Waals surface area contributed by atoms with E-state index in [4.69, 9.17) is 0 Å². The molecule has 0 saturated heterocycles. The van der Waals surface area contributed by atoms with Gasteiger partial charge in [0.2, 0.25) is 0 Å². The van der Waals surface area contributed by atoms with Gasteiger partial charge in [-0.2, -0.15) is 0 Å². The van der Waals surface area contributed by atoms with Crippen LogP contribution < -0.4 is 0 Å². The van der Waals surface area contributed by atoms with E-state index in [1.54, 1.807) is 4.88 Å². The normalized spacial score (nSPS) is 19.8. The Kier molecular flexibility index (Phi) is 2.87. The first kappa shape index (κ1) is 8.76. The predicted molar refractivity (Wildman–Crippen MR) is 57.8 cm³/mol. The molecule has 0 N–H and O–H groups in total. The second kappa shape index (κ2) is 3.93. The highest BCUT2D eigenvalue weighted by molar-refractivity contribution is 9.10. The monoisotopic (exact) mass is 244 g/mol. The fourth-order valence-corrected chi connectivity index (χ4v) is 3.55. The molecule has 1 aliphatic carbocycles. The van der Waals surface area contributed by atoms with E-state index in [-0.39, 0.29) is 0 Å². The van der Waals surface area contributed by atoms with Crippen molar-refractivity contribution in [2.45, 2.75) is 38.0 Å². The molecule has 1 aromatic rings. The van der Waals surface area contributed by atoms with Crippen LogP contribution in [0.5, 0.6) is 0 Å². The molecule has 2 rings (SSSR count). The Labute approximate surface area is 86.1 Å². The molecule has 0 amide bonds. The van der Waals surface area contributed by atoms with Gasteiger partial charge in [-0.3, -0.25) is 0 Å². The van der Waals surface area contributed by atoms with Gasteiger partial charge in [0, 0.05) is 14.7 Å². The highest BCUT2D eigenvalue weighted by atomic mass is 79.9. The number of hydrogen-bond donors (Lipinski definition) is 0. The second-order valence-corrected chi connectivity index (χ2v) is 5.36. The van der Waals surface area contributed by atoms with Gasteiger partial charge in [-0.15, -0.1) is 11.3 Å². The van der Waals surface area contributed by atoms with Crippen molar-refractivity contribution in [3.8, 4) is 0 Å². The van der Waals surface area contributed by atoms with Gasteiger partial charge < -0.3 is 0 Å². The lowest BCUT2D eigenvalue weighted by Gasteiger charge is -2.19. The van der Waals surface area contributed by atoms with Gasteiger partial charge in [-0.05, 0) is 40.8 Å². The summed E-state index contributed by atoms with van der Waals surface area (Å²) < 4.78 is 1.26. The Bertz CT molecular complexity index is 248. The Morgan fingerprint density at radius 1 is 1.25 bits per heavy atom. The first-order valence-electron chi connectivity index (χ1n) is 4.60. The van der Waals surface area contributed by atoms with Crippen molar-refractivity contribution in [3.63, 3.8) is 0 Å². The van der Waals surface area contributed by atoms with Crippen LogP contribution in [-0.2, 0) is 0 Å². The van der Waals surface area contributed by atoms with E-state index in [1.807, 2.05) is 11.3 Å². The van der Waals surface area contributed by atoms with Gasteiger partial charge in [0.05, 0.1) is 0 Å². The third-order valence-corrected chi connectivity index (χ3v) is 4.45. The lowest BCUT2D eigenvalue weighted by atomic mass is 9.88.